The maximum Gasteiger partial charge on any atom is 0.254 e. The SMILES string of the molecule is COc1ccc([C@H]2CC(=O)C3=C(C2)NC(C)=C(C(=O)Nc2ccccc2C)[C@H]3c2ccc(O)cc2)cc1OC. The molecule has 200 valence electrons. The maximum absolute atomic E-state index is 13.9. The molecular weight excluding hydrogens is 492 g/mol. The standard InChI is InChI=1S/C32H32N2O5/c1-18-7-5-6-8-24(18)34-32(37)29-19(2)33-25-15-22(21-11-14-27(38-3)28(17-21)39-4)16-26(36)31(25)30(29)20-9-12-23(35)13-10-20/h5-14,17,22,30,33,35H,15-16H2,1-4H3,(H,34,37)/t22-,30-/m1/s1. The number of ether oxygens (including phenoxy) is 2. The molecule has 1 amide bonds. The van der Waals surface area contributed by atoms with Gasteiger partial charge in [0.05, 0.1) is 14.2 Å². The summed E-state index contributed by atoms with van der Waals surface area (Å²) in [5.41, 5.74) is 6.01. The van der Waals surface area contributed by atoms with E-state index in [4.69, 9.17) is 9.47 Å². The van der Waals surface area contributed by atoms with Crippen LogP contribution in [0.15, 0.2) is 89.3 Å². The first kappa shape index (κ1) is 26.1. The fourth-order valence-corrected chi connectivity index (χ4v) is 5.59. The van der Waals surface area contributed by atoms with Crippen LogP contribution in [0, 0.1) is 6.92 Å². The smallest absolute Gasteiger partial charge is 0.254 e. The molecule has 2 atom stereocenters. The lowest BCUT2D eigenvalue weighted by Crippen LogP contribution is -2.37. The Hall–Kier alpha value is -4.52. The molecule has 5 rings (SSSR count). The summed E-state index contributed by atoms with van der Waals surface area (Å²) < 4.78 is 10.9. The number of ketones is 1. The summed E-state index contributed by atoms with van der Waals surface area (Å²) in [6.07, 6.45) is 0.908. The minimum atomic E-state index is -0.565. The molecule has 0 unspecified atom stereocenters. The van der Waals surface area contributed by atoms with Crippen molar-refractivity contribution in [1.82, 2.24) is 5.32 Å². The van der Waals surface area contributed by atoms with E-state index in [-0.39, 0.29) is 23.4 Å². The molecule has 3 aromatic carbocycles. The molecule has 0 saturated heterocycles. The monoisotopic (exact) mass is 524 g/mol. The number of allylic oxidation sites excluding steroid dienone is 3. The number of rotatable bonds is 6. The van der Waals surface area contributed by atoms with Crippen LogP contribution in [0.25, 0.3) is 0 Å². The molecule has 1 heterocycles. The van der Waals surface area contributed by atoms with E-state index in [9.17, 15) is 14.7 Å². The van der Waals surface area contributed by atoms with Gasteiger partial charge in [-0.25, -0.2) is 0 Å². The van der Waals surface area contributed by atoms with Crippen molar-refractivity contribution < 1.29 is 24.2 Å². The number of anilines is 1. The second kappa shape index (κ2) is 10.7. The van der Waals surface area contributed by atoms with Gasteiger partial charge in [0.15, 0.2) is 17.3 Å². The average molecular weight is 525 g/mol. The molecule has 0 radical (unpaired) electrons. The summed E-state index contributed by atoms with van der Waals surface area (Å²) in [6, 6.07) is 20.1. The highest BCUT2D eigenvalue weighted by Crippen LogP contribution is 2.46. The van der Waals surface area contributed by atoms with Gasteiger partial charge < -0.3 is 25.2 Å². The van der Waals surface area contributed by atoms with Crippen LogP contribution in [0.5, 0.6) is 17.2 Å². The van der Waals surface area contributed by atoms with Gasteiger partial charge in [-0.3, -0.25) is 9.59 Å². The number of phenolic OH excluding ortho intramolecular Hbond substituents is 1. The molecule has 2 aliphatic rings. The summed E-state index contributed by atoms with van der Waals surface area (Å²) in [5.74, 6) is 0.464. The molecule has 0 spiro atoms. The van der Waals surface area contributed by atoms with Crippen molar-refractivity contribution in [3.63, 3.8) is 0 Å². The number of dihydropyridines is 1. The number of amides is 1. The zero-order valence-corrected chi connectivity index (χ0v) is 22.5. The number of hydrogen-bond donors (Lipinski definition) is 3. The molecule has 0 fully saturated rings. The van der Waals surface area contributed by atoms with Crippen LogP contribution in [-0.4, -0.2) is 31.0 Å². The predicted molar refractivity (Wildman–Crippen MR) is 150 cm³/mol. The molecule has 3 aromatic rings. The highest BCUT2D eigenvalue weighted by atomic mass is 16.5. The number of Topliss-reactive ketones (excluding diaryl/α,β-unsaturated/α-hetero) is 1. The van der Waals surface area contributed by atoms with Crippen molar-refractivity contribution in [2.75, 3.05) is 19.5 Å². The topological polar surface area (TPSA) is 96.9 Å². The Morgan fingerprint density at radius 2 is 1.62 bits per heavy atom. The molecule has 0 bridgehead atoms. The van der Waals surface area contributed by atoms with Crippen LogP contribution in [0.1, 0.15) is 48.3 Å². The van der Waals surface area contributed by atoms with Crippen LogP contribution < -0.4 is 20.1 Å². The van der Waals surface area contributed by atoms with Crippen molar-refractivity contribution in [3.05, 3.63) is 106 Å². The molecule has 7 nitrogen and oxygen atoms in total. The van der Waals surface area contributed by atoms with Gasteiger partial charge >= 0.3 is 0 Å². The van der Waals surface area contributed by atoms with Gasteiger partial charge in [-0.2, -0.15) is 0 Å². The molecule has 7 heteroatoms. The number of aryl methyl sites for hydroxylation is 1. The van der Waals surface area contributed by atoms with Crippen molar-refractivity contribution in [2.24, 2.45) is 0 Å². The van der Waals surface area contributed by atoms with Crippen molar-refractivity contribution >= 4 is 17.4 Å². The lowest BCUT2D eigenvalue weighted by Gasteiger charge is -2.37. The average Bonchev–Trinajstić information content (AvgIpc) is 2.93. The largest absolute Gasteiger partial charge is 0.508 e. The lowest BCUT2D eigenvalue weighted by molar-refractivity contribution is -0.116. The molecule has 0 saturated carbocycles. The Morgan fingerprint density at radius 1 is 0.923 bits per heavy atom. The Bertz CT molecular complexity index is 1500. The number of benzene rings is 3. The zero-order valence-electron chi connectivity index (χ0n) is 22.5. The van der Waals surface area contributed by atoms with Crippen molar-refractivity contribution in [2.45, 2.75) is 38.5 Å². The third kappa shape index (κ3) is 5.00. The van der Waals surface area contributed by atoms with E-state index in [2.05, 4.69) is 10.6 Å². The molecule has 1 aliphatic carbocycles. The Kier molecular flexibility index (Phi) is 7.15. The molecular formula is C32H32N2O5. The number of carbonyl (C=O) groups excluding carboxylic acids is 2. The summed E-state index contributed by atoms with van der Waals surface area (Å²) in [7, 11) is 3.19. The van der Waals surface area contributed by atoms with Crippen LogP contribution in [0.4, 0.5) is 5.69 Å². The van der Waals surface area contributed by atoms with Gasteiger partial charge in [0.25, 0.3) is 5.91 Å². The Balaban J connectivity index is 1.55. The highest BCUT2D eigenvalue weighted by molar-refractivity contribution is 6.10. The molecule has 39 heavy (non-hydrogen) atoms. The maximum atomic E-state index is 13.9. The number of nitrogens with one attached hydrogen (secondary N) is 2. The van der Waals surface area contributed by atoms with E-state index in [0.29, 0.717) is 41.2 Å². The van der Waals surface area contributed by atoms with Gasteiger partial charge in [0.1, 0.15) is 5.75 Å². The van der Waals surface area contributed by atoms with E-state index in [1.807, 2.05) is 56.3 Å². The third-order valence-corrected chi connectivity index (χ3v) is 7.57. The van der Waals surface area contributed by atoms with E-state index in [1.54, 1.807) is 38.5 Å². The first-order valence-corrected chi connectivity index (χ1v) is 12.9. The van der Waals surface area contributed by atoms with Gasteiger partial charge in [-0.1, -0.05) is 36.4 Å². The third-order valence-electron chi connectivity index (χ3n) is 7.57. The fourth-order valence-electron chi connectivity index (χ4n) is 5.59. The lowest BCUT2D eigenvalue weighted by atomic mass is 9.71. The second-order valence-corrected chi connectivity index (χ2v) is 9.99. The van der Waals surface area contributed by atoms with Gasteiger partial charge in [0, 0.05) is 40.6 Å². The molecule has 0 aromatic heterocycles. The number of phenols is 1. The number of hydrogen-bond acceptors (Lipinski definition) is 6. The van der Waals surface area contributed by atoms with Gasteiger partial charge in [-0.05, 0) is 73.2 Å². The number of aromatic hydroxyl groups is 1. The second-order valence-electron chi connectivity index (χ2n) is 9.99. The van der Waals surface area contributed by atoms with Crippen LogP contribution in [0.2, 0.25) is 0 Å². The summed E-state index contributed by atoms with van der Waals surface area (Å²) in [4.78, 5) is 27.6. The first-order valence-electron chi connectivity index (χ1n) is 12.9. The van der Waals surface area contributed by atoms with Crippen LogP contribution >= 0.6 is 0 Å². The van der Waals surface area contributed by atoms with Gasteiger partial charge in [-0.15, -0.1) is 0 Å². The highest BCUT2D eigenvalue weighted by Gasteiger charge is 2.41. The number of para-hydroxylation sites is 1. The number of methoxy groups -OCH3 is 2. The van der Waals surface area contributed by atoms with E-state index in [0.717, 1.165) is 28.1 Å². The zero-order chi connectivity index (χ0) is 27.7. The fraction of sp³-hybridized carbons (Fsp3) is 0.250. The van der Waals surface area contributed by atoms with E-state index in [1.165, 1.54) is 0 Å². The van der Waals surface area contributed by atoms with Gasteiger partial charge in [0.2, 0.25) is 0 Å². The summed E-state index contributed by atoms with van der Waals surface area (Å²) >= 11 is 0. The minimum Gasteiger partial charge on any atom is -0.508 e. The van der Waals surface area contributed by atoms with E-state index < -0.39 is 5.92 Å². The van der Waals surface area contributed by atoms with Crippen LogP contribution in [-0.2, 0) is 9.59 Å². The quantitative estimate of drug-likeness (QED) is 0.382. The van der Waals surface area contributed by atoms with E-state index >= 15 is 0 Å². The normalized spacial score (nSPS) is 18.8. The predicted octanol–water partition coefficient (Wildman–Crippen LogP) is 5.72. The summed E-state index contributed by atoms with van der Waals surface area (Å²) in [6.45, 7) is 3.81. The van der Waals surface area contributed by atoms with Crippen LogP contribution in [0.3, 0.4) is 0 Å². The molecule has 1 aliphatic heterocycles. The Labute approximate surface area is 228 Å². The summed E-state index contributed by atoms with van der Waals surface area (Å²) in [5, 5.41) is 16.4. The van der Waals surface area contributed by atoms with Crippen molar-refractivity contribution in [1.29, 1.82) is 0 Å². The Morgan fingerprint density at radius 3 is 2.31 bits per heavy atom. The molecule has 3 N–H and O–H groups in total. The minimum absolute atomic E-state index is 0.0182. The van der Waals surface area contributed by atoms with Crippen molar-refractivity contribution in [3.8, 4) is 17.2 Å². The number of carbonyl (C=O) groups is 2. The first-order chi connectivity index (χ1) is 18.8.